The summed E-state index contributed by atoms with van der Waals surface area (Å²) in [5.74, 6) is 0.224. The summed E-state index contributed by atoms with van der Waals surface area (Å²) in [5, 5.41) is 0. The number of anilines is 1. The molecular weight excluding hydrogens is 140 g/mol. The molecule has 0 bridgehead atoms. The van der Waals surface area contributed by atoms with E-state index in [1.54, 1.807) is 6.07 Å². The summed E-state index contributed by atoms with van der Waals surface area (Å²) in [6.07, 6.45) is 1.51. The van der Waals surface area contributed by atoms with Crippen LogP contribution in [0, 0.1) is 0 Å². The Morgan fingerprint density at radius 3 is 2.64 bits per heavy atom. The minimum atomic E-state index is -0.0470. The third-order valence-electron chi connectivity index (χ3n) is 1.58. The number of pyridine rings is 1. The van der Waals surface area contributed by atoms with Crippen molar-refractivity contribution in [2.24, 2.45) is 0 Å². The van der Waals surface area contributed by atoms with Gasteiger partial charge in [-0.25, -0.2) is 0 Å². The highest BCUT2D eigenvalue weighted by Gasteiger charge is 2.03. The minimum absolute atomic E-state index is 0.0470. The number of hydrogen-bond donors (Lipinski definition) is 2. The van der Waals surface area contributed by atoms with Gasteiger partial charge in [-0.1, -0.05) is 13.8 Å². The van der Waals surface area contributed by atoms with Crippen molar-refractivity contribution in [3.63, 3.8) is 0 Å². The average molecular weight is 152 g/mol. The van der Waals surface area contributed by atoms with Crippen LogP contribution in [-0.4, -0.2) is 4.98 Å². The third-order valence-corrected chi connectivity index (χ3v) is 1.58. The molecule has 0 spiro atoms. The van der Waals surface area contributed by atoms with Gasteiger partial charge in [0.15, 0.2) is 0 Å². The van der Waals surface area contributed by atoms with Crippen LogP contribution in [0.15, 0.2) is 17.1 Å². The second-order valence-corrected chi connectivity index (χ2v) is 2.87. The van der Waals surface area contributed by atoms with Crippen molar-refractivity contribution in [3.8, 4) is 0 Å². The molecule has 0 aliphatic heterocycles. The molecule has 0 aromatic carbocycles. The predicted molar refractivity (Wildman–Crippen MR) is 45.6 cm³/mol. The SMILES string of the molecule is CC(C)c1cc(N)c[nH]c1=O. The molecule has 1 heterocycles. The Morgan fingerprint density at radius 1 is 1.55 bits per heavy atom. The molecule has 1 aromatic heterocycles. The molecule has 11 heavy (non-hydrogen) atoms. The van der Waals surface area contributed by atoms with E-state index in [1.807, 2.05) is 13.8 Å². The summed E-state index contributed by atoms with van der Waals surface area (Å²) in [6.45, 7) is 3.92. The fraction of sp³-hybridized carbons (Fsp3) is 0.375. The first-order valence-electron chi connectivity index (χ1n) is 3.59. The molecule has 1 rings (SSSR count). The molecule has 1 aromatic rings. The minimum Gasteiger partial charge on any atom is -0.398 e. The number of H-pyrrole nitrogens is 1. The molecule has 0 radical (unpaired) electrons. The Bertz CT molecular complexity index is 301. The molecule has 0 saturated carbocycles. The second-order valence-electron chi connectivity index (χ2n) is 2.87. The van der Waals surface area contributed by atoms with Gasteiger partial charge < -0.3 is 10.7 Å². The summed E-state index contributed by atoms with van der Waals surface area (Å²) in [6, 6.07) is 1.71. The number of hydrogen-bond acceptors (Lipinski definition) is 2. The van der Waals surface area contributed by atoms with Crippen LogP contribution in [0.25, 0.3) is 0 Å². The van der Waals surface area contributed by atoms with Crippen molar-refractivity contribution in [2.75, 3.05) is 5.73 Å². The number of nitrogens with one attached hydrogen (secondary N) is 1. The summed E-state index contributed by atoms with van der Waals surface area (Å²) in [5.41, 5.74) is 6.79. The summed E-state index contributed by atoms with van der Waals surface area (Å²) < 4.78 is 0. The monoisotopic (exact) mass is 152 g/mol. The van der Waals surface area contributed by atoms with E-state index >= 15 is 0 Å². The number of aromatic amines is 1. The van der Waals surface area contributed by atoms with Crippen molar-refractivity contribution in [2.45, 2.75) is 19.8 Å². The number of nitrogens with two attached hydrogens (primary N) is 1. The first-order valence-corrected chi connectivity index (χ1v) is 3.59. The zero-order valence-corrected chi connectivity index (χ0v) is 6.72. The second kappa shape index (κ2) is 2.78. The van der Waals surface area contributed by atoms with E-state index in [9.17, 15) is 4.79 Å². The van der Waals surface area contributed by atoms with E-state index in [2.05, 4.69) is 4.98 Å². The van der Waals surface area contributed by atoms with Gasteiger partial charge >= 0.3 is 0 Å². The van der Waals surface area contributed by atoms with Gasteiger partial charge in [-0.05, 0) is 12.0 Å². The first kappa shape index (κ1) is 7.85. The molecule has 60 valence electrons. The Kier molecular flexibility index (Phi) is 1.98. The molecule has 0 saturated heterocycles. The Balaban J connectivity index is 3.24. The molecule has 3 heteroatoms. The molecule has 3 N–H and O–H groups in total. The van der Waals surface area contributed by atoms with Crippen LogP contribution < -0.4 is 11.3 Å². The van der Waals surface area contributed by atoms with Crippen LogP contribution in [-0.2, 0) is 0 Å². The highest BCUT2D eigenvalue weighted by atomic mass is 16.1. The van der Waals surface area contributed by atoms with Crippen LogP contribution in [0.3, 0.4) is 0 Å². The van der Waals surface area contributed by atoms with Gasteiger partial charge in [0.05, 0.1) is 0 Å². The molecule has 3 nitrogen and oxygen atoms in total. The molecular formula is C8H12N2O. The highest BCUT2D eigenvalue weighted by molar-refractivity contribution is 5.37. The van der Waals surface area contributed by atoms with Gasteiger partial charge in [-0.15, -0.1) is 0 Å². The van der Waals surface area contributed by atoms with E-state index in [0.717, 1.165) is 5.56 Å². The van der Waals surface area contributed by atoms with Crippen molar-refractivity contribution in [1.29, 1.82) is 0 Å². The van der Waals surface area contributed by atoms with Crippen molar-refractivity contribution >= 4 is 5.69 Å². The lowest BCUT2D eigenvalue weighted by atomic mass is 10.1. The van der Waals surface area contributed by atoms with Crippen LogP contribution in [0.2, 0.25) is 0 Å². The summed E-state index contributed by atoms with van der Waals surface area (Å²) in [4.78, 5) is 13.7. The van der Waals surface area contributed by atoms with E-state index in [-0.39, 0.29) is 11.5 Å². The smallest absolute Gasteiger partial charge is 0.251 e. The molecule has 0 unspecified atom stereocenters. The topological polar surface area (TPSA) is 58.9 Å². The van der Waals surface area contributed by atoms with Gasteiger partial charge in [0.2, 0.25) is 0 Å². The predicted octanol–water partition coefficient (Wildman–Crippen LogP) is 1.08. The summed E-state index contributed by atoms with van der Waals surface area (Å²) in [7, 11) is 0. The molecule has 0 fully saturated rings. The van der Waals surface area contributed by atoms with Crippen molar-refractivity contribution in [3.05, 3.63) is 28.2 Å². The Morgan fingerprint density at radius 2 is 2.18 bits per heavy atom. The first-order chi connectivity index (χ1) is 5.11. The van der Waals surface area contributed by atoms with Crippen LogP contribution in [0.5, 0.6) is 0 Å². The zero-order chi connectivity index (χ0) is 8.43. The van der Waals surface area contributed by atoms with Gasteiger partial charge in [0, 0.05) is 17.4 Å². The van der Waals surface area contributed by atoms with Crippen molar-refractivity contribution < 1.29 is 0 Å². The highest BCUT2D eigenvalue weighted by Crippen LogP contribution is 2.10. The fourth-order valence-corrected chi connectivity index (χ4v) is 0.948. The fourth-order valence-electron chi connectivity index (χ4n) is 0.948. The molecule has 0 aliphatic rings. The Hall–Kier alpha value is -1.25. The normalized spacial score (nSPS) is 10.5. The maximum Gasteiger partial charge on any atom is 0.251 e. The Labute approximate surface area is 65.2 Å². The quantitative estimate of drug-likeness (QED) is 0.632. The lowest BCUT2D eigenvalue weighted by Crippen LogP contribution is -2.13. The third kappa shape index (κ3) is 1.61. The number of rotatable bonds is 1. The number of aromatic nitrogens is 1. The maximum atomic E-state index is 11.1. The van der Waals surface area contributed by atoms with Gasteiger partial charge in [-0.2, -0.15) is 0 Å². The van der Waals surface area contributed by atoms with Crippen LogP contribution in [0.4, 0.5) is 5.69 Å². The zero-order valence-electron chi connectivity index (χ0n) is 6.72. The maximum absolute atomic E-state index is 11.1. The lowest BCUT2D eigenvalue weighted by molar-refractivity contribution is 0.845. The van der Waals surface area contributed by atoms with E-state index < -0.39 is 0 Å². The van der Waals surface area contributed by atoms with E-state index in [0.29, 0.717) is 5.69 Å². The standard InChI is InChI=1S/C8H12N2O/c1-5(2)7-3-6(9)4-10-8(7)11/h3-5H,9H2,1-2H3,(H,10,11). The van der Waals surface area contributed by atoms with Crippen LogP contribution >= 0.6 is 0 Å². The van der Waals surface area contributed by atoms with E-state index in [4.69, 9.17) is 5.73 Å². The van der Waals surface area contributed by atoms with Crippen molar-refractivity contribution in [1.82, 2.24) is 4.98 Å². The lowest BCUT2D eigenvalue weighted by Gasteiger charge is -2.03. The summed E-state index contributed by atoms with van der Waals surface area (Å²) >= 11 is 0. The van der Waals surface area contributed by atoms with Crippen LogP contribution in [0.1, 0.15) is 25.3 Å². The molecule has 0 atom stereocenters. The molecule has 0 amide bonds. The van der Waals surface area contributed by atoms with Gasteiger partial charge in [0.1, 0.15) is 0 Å². The largest absolute Gasteiger partial charge is 0.398 e. The molecule has 0 aliphatic carbocycles. The number of nitrogen functional groups attached to an aromatic ring is 1. The average Bonchev–Trinajstić information content (AvgIpc) is 1.94. The van der Waals surface area contributed by atoms with Gasteiger partial charge in [0.25, 0.3) is 5.56 Å². The van der Waals surface area contributed by atoms with E-state index in [1.165, 1.54) is 6.20 Å². The van der Waals surface area contributed by atoms with Gasteiger partial charge in [-0.3, -0.25) is 4.79 Å².